The van der Waals surface area contributed by atoms with Gasteiger partial charge in [0.1, 0.15) is 5.58 Å². The Morgan fingerprint density at radius 3 is 2.87 bits per heavy atom. The number of para-hydroxylation sites is 1. The second-order valence-corrected chi connectivity index (χ2v) is 8.06. The van der Waals surface area contributed by atoms with Crippen LogP contribution in [-0.2, 0) is 6.54 Å². The Hall–Kier alpha value is -3.36. The van der Waals surface area contributed by atoms with Crippen molar-refractivity contribution in [3.8, 4) is 22.8 Å². The van der Waals surface area contributed by atoms with Gasteiger partial charge in [-0.25, -0.2) is 4.98 Å². The van der Waals surface area contributed by atoms with Gasteiger partial charge in [-0.1, -0.05) is 18.2 Å². The predicted molar refractivity (Wildman–Crippen MR) is 115 cm³/mol. The van der Waals surface area contributed by atoms with Gasteiger partial charge in [0.05, 0.1) is 5.69 Å². The van der Waals surface area contributed by atoms with Crippen LogP contribution in [0.5, 0.6) is 11.5 Å². The Morgan fingerprint density at radius 2 is 2.00 bits per heavy atom. The molecule has 30 heavy (non-hydrogen) atoms. The molecule has 2 aromatic carbocycles. The SMILES string of the molecule is CN(C)Cc1c(C(=O)Nc2nc(-c3ccc4c(c3)OCO4)cs2)oc2ccccc12. The third-order valence-electron chi connectivity index (χ3n) is 4.77. The first-order valence-electron chi connectivity index (χ1n) is 9.40. The summed E-state index contributed by atoms with van der Waals surface area (Å²) in [7, 11) is 3.92. The van der Waals surface area contributed by atoms with Crippen LogP contribution in [0.2, 0.25) is 0 Å². The number of thiazole rings is 1. The number of carbonyl (C=O) groups excluding carboxylic acids is 1. The molecule has 7 nitrogen and oxygen atoms in total. The maximum absolute atomic E-state index is 13.0. The number of hydrogen-bond donors (Lipinski definition) is 1. The molecule has 0 atom stereocenters. The van der Waals surface area contributed by atoms with Crippen LogP contribution in [0.15, 0.2) is 52.3 Å². The standard InChI is InChI=1S/C22H19N3O4S/c1-25(2)10-15-14-5-3-4-6-17(14)29-20(15)21(26)24-22-23-16(11-30-22)13-7-8-18-19(9-13)28-12-27-18/h3-9,11H,10,12H2,1-2H3,(H,23,24,26). The quantitative estimate of drug-likeness (QED) is 0.508. The number of fused-ring (bicyclic) bond motifs is 2. The fraction of sp³-hybridized carbons (Fsp3) is 0.182. The van der Waals surface area contributed by atoms with Crippen molar-refractivity contribution in [2.24, 2.45) is 0 Å². The van der Waals surface area contributed by atoms with Gasteiger partial charge in [-0.15, -0.1) is 11.3 Å². The largest absolute Gasteiger partial charge is 0.454 e. The van der Waals surface area contributed by atoms with E-state index in [0.717, 1.165) is 28.0 Å². The minimum Gasteiger partial charge on any atom is -0.454 e. The summed E-state index contributed by atoms with van der Waals surface area (Å²) in [5.74, 6) is 1.42. The van der Waals surface area contributed by atoms with Gasteiger partial charge in [-0.2, -0.15) is 0 Å². The van der Waals surface area contributed by atoms with Gasteiger partial charge in [0.25, 0.3) is 5.91 Å². The van der Waals surface area contributed by atoms with Crippen LogP contribution in [0, 0.1) is 0 Å². The first-order valence-corrected chi connectivity index (χ1v) is 10.3. The molecule has 0 fully saturated rings. The highest BCUT2D eigenvalue weighted by atomic mass is 32.1. The Bertz CT molecular complexity index is 1240. The summed E-state index contributed by atoms with van der Waals surface area (Å²) in [5, 5.41) is 6.22. The number of rotatable bonds is 5. The monoisotopic (exact) mass is 421 g/mol. The summed E-state index contributed by atoms with van der Waals surface area (Å²) >= 11 is 1.36. The topological polar surface area (TPSA) is 76.8 Å². The van der Waals surface area contributed by atoms with Crippen molar-refractivity contribution in [3.63, 3.8) is 0 Å². The molecule has 8 heteroatoms. The molecule has 152 valence electrons. The Morgan fingerprint density at radius 1 is 1.17 bits per heavy atom. The van der Waals surface area contributed by atoms with Gasteiger partial charge in [0.2, 0.25) is 6.79 Å². The molecule has 2 aromatic heterocycles. The number of nitrogens with one attached hydrogen (secondary N) is 1. The van der Waals surface area contributed by atoms with Crippen molar-refractivity contribution in [1.29, 1.82) is 0 Å². The average Bonchev–Trinajstić information content (AvgIpc) is 3.46. The smallest absolute Gasteiger partial charge is 0.293 e. The van der Waals surface area contributed by atoms with Crippen molar-refractivity contribution in [3.05, 3.63) is 59.2 Å². The van der Waals surface area contributed by atoms with E-state index in [2.05, 4.69) is 10.3 Å². The van der Waals surface area contributed by atoms with E-state index in [1.165, 1.54) is 11.3 Å². The highest BCUT2D eigenvalue weighted by Gasteiger charge is 2.22. The maximum atomic E-state index is 13.0. The Balaban J connectivity index is 1.41. The molecule has 1 amide bonds. The molecule has 0 saturated carbocycles. The minimum absolute atomic E-state index is 0.226. The van der Waals surface area contributed by atoms with Crippen LogP contribution < -0.4 is 14.8 Å². The highest BCUT2D eigenvalue weighted by Crippen LogP contribution is 2.36. The summed E-state index contributed by atoms with van der Waals surface area (Å²) in [4.78, 5) is 19.6. The van der Waals surface area contributed by atoms with E-state index in [-0.39, 0.29) is 12.7 Å². The molecule has 5 rings (SSSR count). The van der Waals surface area contributed by atoms with E-state index >= 15 is 0 Å². The van der Waals surface area contributed by atoms with Gasteiger partial charge >= 0.3 is 0 Å². The average molecular weight is 421 g/mol. The zero-order valence-corrected chi connectivity index (χ0v) is 17.3. The summed E-state index contributed by atoms with van der Waals surface area (Å²) in [5.41, 5.74) is 3.21. The summed E-state index contributed by atoms with van der Waals surface area (Å²) in [6, 6.07) is 13.3. The fourth-order valence-electron chi connectivity index (χ4n) is 3.43. The zero-order valence-electron chi connectivity index (χ0n) is 16.5. The van der Waals surface area contributed by atoms with E-state index in [9.17, 15) is 4.79 Å². The third-order valence-corrected chi connectivity index (χ3v) is 5.53. The van der Waals surface area contributed by atoms with Crippen LogP contribution in [0.25, 0.3) is 22.2 Å². The van der Waals surface area contributed by atoms with Crippen molar-refractivity contribution < 1.29 is 18.7 Å². The Labute approximate surface area is 176 Å². The first-order chi connectivity index (χ1) is 14.6. The van der Waals surface area contributed by atoms with E-state index in [1.54, 1.807) is 0 Å². The van der Waals surface area contributed by atoms with Crippen molar-refractivity contribution in [2.45, 2.75) is 6.54 Å². The highest BCUT2D eigenvalue weighted by molar-refractivity contribution is 7.14. The van der Waals surface area contributed by atoms with E-state index in [1.807, 2.05) is 66.8 Å². The third kappa shape index (κ3) is 3.40. The molecular weight excluding hydrogens is 402 g/mol. The van der Waals surface area contributed by atoms with Crippen molar-refractivity contribution >= 4 is 33.3 Å². The van der Waals surface area contributed by atoms with Gasteiger partial charge in [0.15, 0.2) is 22.4 Å². The van der Waals surface area contributed by atoms with Gasteiger partial charge in [0, 0.05) is 28.4 Å². The molecule has 0 saturated heterocycles. The molecule has 0 unspecified atom stereocenters. The lowest BCUT2D eigenvalue weighted by atomic mass is 10.1. The number of furan rings is 1. The second-order valence-electron chi connectivity index (χ2n) is 7.20. The molecule has 1 aliphatic rings. The van der Waals surface area contributed by atoms with Crippen molar-refractivity contribution in [1.82, 2.24) is 9.88 Å². The molecule has 0 radical (unpaired) electrons. The van der Waals surface area contributed by atoms with Crippen LogP contribution in [0.1, 0.15) is 16.1 Å². The number of amides is 1. The number of hydrogen-bond acceptors (Lipinski definition) is 7. The van der Waals surface area contributed by atoms with Crippen LogP contribution in [0.4, 0.5) is 5.13 Å². The maximum Gasteiger partial charge on any atom is 0.293 e. The van der Waals surface area contributed by atoms with E-state index < -0.39 is 0 Å². The lowest BCUT2D eigenvalue weighted by Gasteiger charge is -2.09. The molecular formula is C22H19N3O4S. The van der Waals surface area contributed by atoms with Crippen LogP contribution in [-0.4, -0.2) is 36.7 Å². The van der Waals surface area contributed by atoms with Crippen molar-refractivity contribution in [2.75, 3.05) is 26.2 Å². The fourth-order valence-corrected chi connectivity index (χ4v) is 4.14. The molecule has 0 aliphatic carbocycles. The Kier molecular flexibility index (Phi) is 4.65. The normalized spacial score (nSPS) is 12.6. The number of carbonyl (C=O) groups is 1. The minimum atomic E-state index is -0.311. The number of benzene rings is 2. The lowest BCUT2D eigenvalue weighted by Crippen LogP contribution is -2.17. The van der Waals surface area contributed by atoms with Gasteiger partial charge < -0.3 is 18.8 Å². The summed E-state index contributed by atoms with van der Waals surface area (Å²) < 4.78 is 16.7. The van der Waals surface area contributed by atoms with E-state index in [4.69, 9.17) is 13.9 Å². The molecule has 3 heterocycles. The molecule has 0 bridgehead atoms. The summed E-state index contributed by atoms with van der Waals surface area (Å²) in [6.07, 6.45) is 0. The molecule has 1 aliphatic heterocycles. The second kappa shape index (κ2) is 7.47. The van der Waals surface area contributed by atoms with Gasteiger partial charge in [-0.05, 0) is 38.4 Å². The number of anilines is 1. The van der Waals surface area contributed by atoms with E-state index in [0.29, 0.717) is 28.8 Å². The van der Waals surface area contributed by atoms with Crippen LogP contribution in [0.3, 0.4) is 0 Å². The number of nitrogens with zero attached hydrogens (tertiary/aromatic N) is 2. The molecule has 1 N–H and O–H groups in total. The zero-order chi connectivity index (χ0) is 20.7. The predicted octanol–water partition coefficient (Wildman–Crippen LogP) is 4.60. The number of aromatic nitrogens is 1. The molecule has 4 aromatic rings. The lowest BCUT2D eigenvalue weighted by molar-refractivity contribution is 0.0996. The number of ether oxygens (including phenoxy) is 2. The van der Waals surface area contributed by atoms with Crippen LogP contribution >= 0.6 is 11.3 Å². The molecule has 0 spiro atoms. The van der Waals surface area contributed by atoms with Gasteiger partial charge in [-0.3, -0.25) is 10.1 Å². The summed E-state index contributed by atoms with van der Waals surface area (Å²) in [6.45, 7) is 0.823. The first kappa shape index (κ1) is 18.7.